The van der Waals surface area contributed by atoms with Gasteiger partial charge in [-0.2, -0.15) is 0 Å². The maximum absolute atomic E-state index is 12.7. The van der Waals surface area contributed by atoms with Crippen LogP contribution in [0.25, 0.3) is 6.08 Å². The van der Waals surface area contributed by atoms with E-state index in [1.807, 2.05) is 31.2 Å². The van der Waals surface area contributed by atoms with Gasteiger partial charge in [-0.25, -0.2) is 4.79 Å². The highest BCUT2D eigenvalue weighted by Gasteiger charge is 2.30. The number of hydrogen-bond acceptors (Lipinski definition) is 4. The Morgan fingerprint density at radius 2 is 1.96 bits per heavy atom. The third-order valence-corrected chi connectivity index (χ3v) is 4.13. The molecule has 1 heterocycles. The summed E-state index contributed by atoms with van der Waals surface area (Å²) >= 11 is 0. The maximum Gasteiger partial charge on any atom is 0.331 e. The van der Waals surface area contributed by atoms with E-state index < -0.39 is 18.0 Å². The lowest BCUT2D eigenvalue weighted by atomic mass is 10.1. The molecule has 0 unspecified atom stereocenters. The molecule has 0 aromatic heterocycles. The van der Waals surface area contributed by atoms with Gasteiger partial charge in [-0.1, -0.05) is 42.0 Å². The van der Waals surface area contributed by atoms with Crippen LogP contribution >= 0.6 is 0 Å². The highest BCUT2D eigenvalue weighted by Crippen LogP contribution is 2.29. The molecule has 6 heteroatoms. The van der Waals surface area contributed by atoms with Crippen molar-refractivity contribution in [1.82, 2.24) is 0 Å². The first-order valence-electron chi connectivity index (χ1n) is 8.59. The summed E-state index contributed by atoms with van der Waals surface area (Å²) < 4.78 is 5.22. The molecule has 1 aliphatic heterocycles. The van der Waals surface area contributed by atoms with Gasteiger partial charge in [0.1, 0.15) is 6.54 Å². The fourth-order valence-electron chi connectivity index (χ4n) is 2.85. The van der Waals surface area contributed by atoms with Gasteiger partial charge >= 0.3 is 5.97 Å². The zero-order valence-electron chi connectivity index (χ0n) is 15.1. The van der Waals surface area contributed by atoms with Crippen LogP contribution in [0.5, 0.6) is 0 Å². The van der Waals surface area contributed by atoms with Gasteiger partial charge in [0.05, 0.1) is 11.4 Å². The Bertz CT molecular complexity index is 920. The first kappa shape index (κ1) is 18.4. The van der Waals surface area contributed by atoms with Crippen molar-refractivity contribution in [2.24, 2.45) is 0 Å². The largest absolute Gasteiger partial charge is 0.449 e. The molecule has 138 valence electrons. The van der Waals surface area contributed by atoms with Crippen LogP contribution in [0.1, 0.15) is 18.1 Å². The van der Waals surface area contributed by atoms with Gasteiger partial charge in [0.2, 0.25) is 5.91 Å². The summed E-state index contributed by atoms with van der Waals surface area (Å²) in [5, 5.41) is 2.72. The van der Waals surface area contributed by atoms with Crippen LogP contribution in [0.4, 0.5) is 11.4 Å². The summed E-state index contributed by atoms with van der Waals surface area (Å²) in [6.07, 6.45) is 1.91. The van der Waals surface area contributed by atoms with Crippen LogP contribution in [-0.2, 0) is 19.1 Å². The molecule has 0 aliphatic carbocycles. The van der Waals surface area contributed by atoms with Gasteiger partial charge < -0.3 is 10.1 Å². The monoisotopic (exact) mass is 364 g/mol. The first-order chi connectivity index (χ1) is 12.9. The van der Waals surface area contributed by atoms with Crippen LogP contribution in [0, 0.1) is 6.92 Å². The molecule has 2 aromatic carbocycles. The number of rotatable bonds is 4. The molecule has 27 heavy (non-hydrogen) atoms. The Balaban J connectivity index is 1.67. The van der Waals surface area contributed by atoms with Crippen molar-refractivity contribution in [3.05, 3.63) is 65.7 Å². The van der Waals surface area contributed by atoms with Crippen molar-refractivity contribution in [3.8, 4) is 0 Å². The van der Waals surface area contributed by atoms with Gasteiger partial charge in [-0.15, -0.1) is 0 Å². The van der Waals surface area contributed by atoms with Crippen molar-refractivity contribution < 1.29 is 19.1 Å². The van der Waals surface area contributed by atoms with Crippen LogP contribution in [0.15, 0.2) is 54.6 Å². The summed E-state index contributed by atoms with van der Waals surface area (Å²) in [6, 6.07) is 14.7. The standard InChI is InChI=1S/C21H20N2O4/c1-14-6-5-7-16(12-14)10-11-20(25)27-15(2)21(26)23-13-19(24)22-17-8-3-4-9-18(17)23/h3-12,15H,13H2,1-2H3,(H,22,24)/b11-10+/t15-/m0/s1. The van der Waals surface area contributed by atoms with E-state index in [9.17, 15) is 14.4 Å². The number of aryl methyl sites for hydroxylation is 1. The Labute approximate surface area is 157 Å². The predicted octanol–water partition coefficient (Wildman–Crippen LogP) is 2.93. The van der Waals surface area contributed by atoms with E-state index in [2.05, 4.69) is 5.32 Å². The summed E-state index contributed by atoms with van der Waals surface area (Å²) in [4.78, 5) is 37.9. The van der Waals surface area contributed by atoms with E-state index >= 15 is 0 Å². The van der Waals surface area contributed by atoms with E-state index in [4.69, 9.17) is 4.74 Å². The summed E-state index contributed by atoms with van der Waals surface area (Å²) in [5.41, 5.74) is 3.09. The fraction of sp³-hybridized carbons (Fsp3) is 0.190. The molecular formula is C21H20N2O4. The number of para-hydroxylation sites is 2. The molecule has 0 bridgehead atoms. The third-order valence-electron chi connectivity index (χ3n) is 4.13. The number of carbonyl (C=O) groups is 3. The lowest BCUT2D eigenvalue weighted by Gasteiger charge is -2.30. The molecular weight excluding hydrogens is 344 g/mol. The predicted molar refractivity (Wildman–Crippen MR) is 103 cm³/mol. The smallest absolute Gasteiger partial charge is 0.331 e. The zero-order chi connectivity index (χ0) is 19.4. The summed E-state index contributed by atoms with van der Waals surface area (Å²) in [7, 11) is 0. The number of fused-ring (bicyclic) bond motifs is 1. The second kappa shape index (κ2) is 7.86. The van der Waals surface area contributed by atoms with Crippen molar-refractivity contribution in [3.63, 3.8) is 0 Å². The van der Waals surface area contributed by atoms with Gasteiger partial charge in [-0.05, 0) is 37.6 Å². The number of nitrogens with zero attached hydrogens (tertiary/aromatic N) is 1. The molecule has 0 fully saturated rings. The molecule has 2 aromatic rings. The maximum atomic E-state index is 12.7. The SMILES string of the molecule is Cc1cccc(/C=C/C(=O)O[C@@H](C)C(=O)N2CC(=O)Nc3ccccc32)c1. The fourth-order valence-corrected chi connectivity index (χ4v) is 2.85. The highest BCUT2D eigenvalue weighted by molar-refractivity contribution is 6.11. The third kappa shape index (κ3) is 4.41. The number of nitrogens with one attached hydrogen (secondary N) is 1. The summed E-state index contributed by atoms with van der Waals surface area (Å²) in [5.74, 6) is -1.36. The molecule has 2 amide bonds. The number of esters is 1. The summed E-state index contributed by atoms with van der Waals surface area (Å²) in [6.45, 7) is 3.34. The minimum absolute atomic E-state index is 0.114. The number of hydrogen-bond donors (Lipinski definition) is 1. The Morgan fingerprint density at radius 3 is 2.74 bits per heavy atom. The van der Waals surface area contributed by atoms with Crippen LogP contribution in [0.3, 0.4) is 0 Å². The van der Waals surface area contributed by atoms with Crippen molar-refractivity contribution >= 4 is 35.2 Å². The van der Waals surface area contributed by atoms with Gasteiger partial charge in [0.25, 0.3) is 5.91 Å². The first-order valence-corrected chi connectivity index (χ1v) is 8.59. The molecule has 1 aliphatic rings. The Kier molecular flexibility index (Phi) is 5.35. The van der Waals surface area contributed by atoms with Crippen molar-refractivity contribution in [2.75, 3.05) is 16.8 Å². The number of amides is 2. The number of carbonyl (C=O) groups excluding carboxylic acids is 3. The number of anilines is 2. The average Bonchev–Trinajstić information content (AvgIpc) is 2.65. The van der Waals surface area contributed by atoms with Gasteiger partial charge in [-0.3, -0.25) is 14.5 Å². The molecule has 0 saturated carbocycles. The van der Waals surface area contributed by atoms with Crippen molar-refractivity contribution in [1.29, 1.82) is 0 Å². The lowest BCUT2D eigenvalue weighted by Crippen LogP contribution is -2.46. The van der Waals surface area contributed by atoms with E-state index in [-0.39, 0.29) is 12.5 Å². The second-order valence-corrected chi connectivity index (χ2v) is 6.32. The number of benzene rings is 2. The second-order valence-electron chi connectivity index (χ2n) is 6.32. The Hall–Kier alpha value is -3.41. The minimum Gasteiger partial charge on any atom is -0.449 e. The van der Waals surface area contributed by atoms with Gasteiger partial charge in [0, 0.05) is 6.08 Å². The van der Waals surface area contributed by atoms with Crippen LogP contribution < -0.4 is 10.2 Å². The topological polar surface area (TPSA) is 75.7 Å². The van der Waals surface area contributed by atoms with Crippen LogP contribution in [0.2, 0.25) is 0 Å². The molecule has 0 saturated heterocycles. The lowest BCUT2D eigenvalue weighted by molar-refractivity contribution is -0.149. The zero-order valence-corrected chi connectivity index (χ0v) is 15.1. The van der Waals surface area contributed by atoms with Crippen molar-refractivity contribution in [2.45, 2.75) is 20.0 Å². The minimum atomic E-state index is -1.02. The van der Waals surface area contributed by atoms with Gasteiger partial charge in [0.15, 0.2) is 6.10 Å². The molecule has 0 spiro atoms. The highest BCUT2D eigenvalue weighted by atomic mass is 16.5. The molecule has 6 nitrogen and oxygen atoms in total. The van der Waals surface area contributed by atoms with E-state index in [1.54, 1.807) is 30.3 Å². The van der Waals surface area contributed by atoms with E-state index in [1.165, 1.54) is 17.9 Å². The van der Waals surface area contributed by atoms with E-state index in [0.717, 1.165) is 11.1 Å². The average molecular weight is 364 g/mol. The molecule has 0 radical (unpaired) electrons. The van der Waals surface area contributed by atoms with Crippen LogP contribution in [-0.4, -0.2) is 30.4 Å². The Morgan fingerprint density at radius 1 is 1.19 bits per heavy atom. The molecule has 1 N–H and O–H groups in total. The normalized spacial score (nSPS) is 14.4. The van der Waals surface area contributed by atoms with E-state index in [0.29, 0.717) is 11.4 Å². The quantitative estimate of drug-likeness (QED) is 0.669. The molecule has 1 atom stereocenters. The molecule has 3 rings (SSSR count). The number of ether oxygens (including phenoxy) is 1.